The molecule has 5 heteroatoms. The molecule has 1 aromatic rings. The van der Waals surface area contributed by atoms with E-state index in [2.05, 4.69) is 15.9 Å². The van der Waals surface area contributed by atoms with E-state index in [0.717, 1.165) is 16.6 Å². The molecule has 2 atom stereocenters. The van der Waals surface area contributed by atoms with Crippen LogP contribution in [0.25, 0.3) is 0 Å². The van der Waals surface area contributed by atoms with Crippen molar-refractivity contribution in [3.05, 3.63) is 27.7 Å². The van der Waals surface area contributed by atoms with E-state index >= 15 is 0 Å². The molecule has 0 aliphatic carbocycles. The van der Waals surface area contributed by atoms with E-state index in [9.17, 15) is 4.79 Å². The number of anilines is 1. The number of ether oxygens (including phenoxy) is 1. The third kappa shape index (κ3) is 2.71. The van der Waals surface area contributed by atoms with Crippen molar-refractivity contribution in [3.63, 3.8) is 0 Å². The topological polar surface area (TPSA) is 29.5 Å². The molecule has 0 aromatic heterocycles. The van der Waals surface area contributed by atoms with E-state index in [0.29, 0.717) is 11.6 Å². The van der Waals surface area contributed by atoms with Crippen LogP contribution in [0.3, 0.4) is 0 Å². The van der Waals surface area contributed by atoms with Gasteiger partial charge in [0.05, 0.1) is 22.7 Å². The molecule has 1 aliphatic rings. The monoisotopic (exact) mass is 331 g/mol. The lowest BCUT2D eigenvalue weighted by Crippen LogP contribution is -2.36. The van der Waals surface area contributed by atoms with Crippen LogP contribution < -0.4 is 4.90 Å². The standard InChI is InChI=1S/C13H15BrClNO2/c1-8-10(5-6-18-8)13(17)16(2)12-4-3-9(14)7-11(12)15/h3-4,7-8,10H,5-6H2,1-2H3/t8-,10+/m0/s1. The minimum absolute atomic E-state index is 0.0193. The zero-order chi connectivity index (χ0) is 13.3. The fourth-order valence-corrected chi connectivity index (χ4v) is 2.98. The number of amides is 1. The fraction of sp³-hybridized carbons (Fsp3) is 0.462. The first-order valence-corrected chi connectivity index (χ1v) is 7.02. The van der Waals surface area contributed by atoms with Crippen molar-refractivity contribution < 1.29 is 9.53 Å². The minimum atomic E-state index is -0.0743. The Labute approximate surface area is 120 Å². The Kier molecular flexibility index (Phi) is 4.30. The summed E-state index contributed by atoms with van der Waals surface area (Å²) < 4.78 is 6.33. The first kappa shape index (κ1) is 13.8. The summed E-state index contributed by atoms with van der Waals surface area (Å²) in [7, 11) is 1.75. The van der Waals surface area contributed by atoms with Crippen molar-refractivity contribution in [3.8, 4) is 0 Å². The number of carbonyl (C=O) groups is 1. The third-order valence-electron chi connectivity index (χ3n) is 3.30. The summed E-state index contributed by atoms with van der Waals surface area (Å²) in [5.74, 6) is -0.0149. The highest BCUT2D eigenvalue weighted by Crippen LogP contribution is 2.31. The molecular formula is C13H15BrClNO2. The predicted octanol–water partition coefficient (Wildman–Crippen LogP) is 3.49. The van der Waals surface area contributed by atoms with Gasteiger partial charge >= 0.3 is 0 Å². The van der Waals surface area contributed by atoms with E-state index in [1.807, 2.05) is 19.1 Å². The Morgan fingerprint density at radius 2 is 2.28 bits per heavy atom. The molecule has 0 saturated carbocycles. The van der Waals surface area contributed by atoms with Gasteiger partial charge in [0.2, 0.25) is 5.91 Å². The van der Waals surface area contributed by atoms with Crippen LogP contribution in [-0.2, 0) is 9.53 Å². The average Bonchev–Trinajstić information content (AvgIpc) is 2.74. The first-order chi connectivity index (χ1) is 8.50. The highest BCUT2D eigenvalue weighted by Gasteiger charge is 2.33. The first-order valence-electron chi connectivity index (χ1n) is 5.85. The number of rotatable bonds is 2. The Morgan fingerprint density at radius 1 is 1.56 bits per heavy atom. The molecule has 1 saturated heterocycles. The summed E-state index contributed by atoms with van der Waals surface area (Å²) in [6, 6.07) is 5.50. The lowest BCUT2D eigenvalue weighted by molar-refractivity contribution is -0.123. The van der Waals surface area contributed by atoms with Crippen molar-refractivity contribution in [2.45, 2.75) is 19.4 Å². The molecule has 0 spiro atoms. The van der Waals surface area contributed by atoms with Crippen molar-refractivity contribution in [2.24, 2.45) is 5.92 Å². The lowest BCUT2D eigenvalue weighted by Gasteiger charge is -2.23. The number of benzene rings is 1. The zero-order valence-corrected chi connectivity index (χ0v) is 12.7. The van der Waals surface area contributed by atoms with Crippen LogP contribution in [-0.4, -0.2) is 25.7 Å². The molecule has 0 unspecified atom stereocenters. The summed E-state index contributed by atoms with van der Waals surface area (Å²) in [4.78, 5) is 14.0. The van der Waals surface area contributed by atoms with Gasteiger partial charge < -0.3 is 9.64 Å². The predicted molar refractivity (Wildman–Crippen MR) is 76.1 cm³/mol. The SMILES string of the molecule is C[C@@H]1OCC[C@H]1C(=O)N(C)c1ccc(Br)cc1Cl. The van der Waals surface area contributed by atoms with Crippen LogP contribution in [0, 0.1) is 5.92 Å². The van der Waals surface area contributed by atoms with E-state index in [4.69, 9.17) is 16.3 Å². The van der Waals surface area contributed by atoms with Crippen LogP contribution in [0.15, 0.2) is 22.7 Å². The third-order valence-corrected chi connectivity index (χ3v) is 4.09. The molecule has 2 rings (SSSR count). The largest absolute Gasteiger partial charge is 0.378 e. The second-order valence-corrected chi connectivity index (χ2v) is 5.79. The van der Waals surface area contributed by atoms with E-state index in [-0.39, 0.29) is 17.9 Å². The van der Waals surface area contributed by atoms with Gasteiger partial charge in [-0.2, -0.15) is 0 Å². The van der Waals surface area contributed by atoms with Gasteiger partial charge in [-0.15, -0.1) is 0 Å². The Balaban J connectivity index is 2.20. The van der Waals surface area contributed by atoms with Crippen LogP contribution in [0.1, 0.15) is 13.3 Å². The molecule has 0 N–H and O–H groups in total. The van der Waals surface area contributed by atoms with Gasteiger partial charge in [0, 0.05) is 18.1 Å². The van der Waals surface area contributed by atoms with Gasteiger partial charge in [-0.05, 0) is 31.5 Å². The summed E-state index contributed by atoms with van der Waals surface area (Å²) in [6.45, 7) is 2.59. The number of halogens is 2. The molecule has 0 radical (unpaired) electrons. The van der Waals surface area contributed by atoms with Gasteiger partial charge in [-0.3, -0.25) is 4.79 Å². The number of nitrogens with zero attached hydrogens (tertiary/aromatic N) is 1. The van der Waals surface area contributed by atoms with Crippen LogP contribution in [0.4, 0.5) is 5.69 Å². The maximum Gasteiger partial charge on any atom is 0.232 e. The molecule has 1 amide bonds. The number of hydrogen-bond donors (Lipinski definition) is 0. The highest BCUT2D eigenvalue weighted by atomic mass is 79.9. The van der Waals surface area contributed by atoms with Gasteiger partial charge in [-0.25, -0.2) is 0 Å². The molecule has 3 nitrogen and oxygen atoms in total. The van der Waals surface area contributed by atoms with Gasteiger partial charge in [-0.1, -0.05) is 27.5 Å². The van der Waals surface area contributed by atoms with E-state index < -0.39 is 0 Å². The number of carbonyl (C=O) groups excluding carboxylic acids is 1. The molecule has 98 valence electrons. The van der Waals surface area contributed by atoms with Gasteiger partial charge in [0.15, 0.2) is 0 Å². The smallest absolute Gasteiger partial charge is 0.232 e. The second-order valence-electron chi connectivity index (χ2n) is 4.46. The van der Waals surface area contributed by atoms with Crippen LogP contribution in [0.2, 0.25) is 5.02 Å². The molecule has 1 aliphatic heterocycles. The molecule has 0 bridgehead atoms. The summed E-state index contributed by atoms with van der Waals surface area (Å²) in [5, 5.41) is 0.562. The maximum atomic E-state index is 12.4. The van der Waals surface area contributed by atoms with Crippen molar-refractivity contribution in [1.29, 1.82) is 0 Å². The molecule has 18 heavy (non-hydrogen) atoms. The van der Waals surface area contributed by atoms with Crippen LogP contribution >= 0.6 is 27.5 Å². The Morgan fingerprint density at radius 3 is 2.83 bits per heavy atom. The molecule has 1 fully saturated rings. The molecular weight excluding hydrogens is 318 g/mol. The van der Waals surface area contributed by atoms with Crippen molar-refractivity contribution in [1.82, 2.24) is 0 Å². The van der Waals surface area contributed by atoms with E-state index in [1.54, 1.807) is 18.0 Å². The molecule has 1 aromatic carbocycles. The lowest BCUT2D eigenvalue weighted by atomic mass is 10.0. The van der Waals surface area contributed by atoms with Crippen molar-refractivity contribution in [2.75, 3.05) is 18.6 Å². The second kappa shape index (κ2) is 5.59. The quantitative estimate of drug-likeness (QED) is 0.829. The molecule has 1 heterocycles. The highest BCUT2D eigenvalue weighted by molar-refractivity contribution is 9.10. The minimum Gasteiger partial charge on any atom is -0.378 e. The number of hydrogen-bond acceptors (Lipinski definition) is 2. The summed E-state index contributed by atoms with van der Waals surface area (Å²) >= 11 is 9.51. The Hall–Kier alpha value is -0.580. The average molecular weight is 333 g/mol. The maximum absolute atomic E-state index is 12.4. The van der Waals surface area contributed by atoms with Gasteiger partial charge in [0.1, 0.15) is 0 Å². The van der Waals surface area contributed by atoms with Crippen LogP contribution in [0.5, 0.6) is 0 Å². The fourth-order valence-electron chi connectivity index (χ4n) is 2.18. The zero-order valence-electron chi connectivity index (χ0n) is 10.3. The summed E-state index contributed by atoms with van der Waals surface area (Å²) in [6.07, 6.45) is 0.757. The van der Waals surface area contributed by atoms with Gasteiger partial charge in [0.25, 0.3) is 0 Å². The van der Waals surface area contributed by atoms with E-state index in [1.165, 1.54) is 0 Å². The summed E-state index contributed by atoms with van der Waals surface area (Å²) in [5.41, 5.74) is 0.726. The van der Waals surface area contributed by atoms with Crippen molar-refractivity contribution >= 4 is 39.1 Å². The normalized spacial score (nSPS) is 23.1. The Bertz CT molecular complexity index is 466.